The number of carbonyl (C=O) groups excluding carboxylic acids is 1. The van der Waals surface area contributed by atoms with Gasteiger partial charge in [0.25, 0.3) is 0 Å². The number of carbonyl (C=O) groups is 1. The van der Waals surface area contributed by atoms with Gasteiger partial charge in [0, 0.05) is 18.3 Å². The van der Waals surface area contributed by atoms with E-state index in [1.807, 2.05) is 0 Å². The van der Waals surface area contributed by atoms with Crippen LogP contribution in [-0.2, 0) is 9.53 Å². The fraction of sp³-hybridized carbons (Fsp3) is 0.923. The van der Waals surface area contributed by atoms with Crippen LogP contribution in [0.1, 0.15) is 47.0 Å². The Labute approximate surface area is 105 Å². The van der Waals surface area contributed by atoms with Crippen molar-refractivity contribution in [1.82, 2.24) is 0 Å². The molecule has 0 unspecified atom stereocenters. The summed E-state index contributed by atoms with van der Waals surface area (Å²) in [5, 5.41) is 0.302. The Hall–Kier alpha value is -0.0200. The molecule has 16 heavy (non-hydrogen) atoms. The van der Waals surface area contributed by atoms with Crippen LogP contribution >= 0.6 is 11.8 Å². The van der Waals surface area contributed by atoms with Crippen LogP contribution < -0.4 is 0 Å². The molecule has 0 radical (unpaired) electrons. The zero-order valence-corrected chi connectivity index (χ0v) is 12.2. The molecule has 0 aromatic carbocycles. The average molecular weight is 246 g/mol. The second-order valence-electron chi connectivity index (χ2n) is 4.90. The van der Waals surface area contributed by atoms with Gasteiger partial charge in [0.1, 0.15) is 0 Å². The van der Waals surface area contributed by atoms with E-state index in [0.717, 1.165) is 25.0 Å². The van der Waals surface area contributed by atoms with Crippen molar-refractivity contribution in [2.45, 2.75) is 47.0 Å². The molecule has 0 aliphatic heterocycles. The summed E-state index contributed by atoms with van der Waals surface area (Å²) >= 11 is 1.41. The predicted molar refractivity (Wildman–Crippen MR) is 71.8 cm³/mol. The molecule has 0 atom stereocenters. The van der Waals surface area contributed by atoms with Crippen molar-refractivity contribution in [2.75, 3.05) is 19.5 Å². The van der Waals surface area contributed by atoms with E-state index >= 15 is 0 Å². The van der Waals surface area contributed by atoms with Gasteiger partial charge in [0.2, 0.25) is 0 Å². The summed E-state index contributed by atoms with van der Waals surface area (Å²) in [6.07, 6.45) is 3.32. The Kier molecular flexibility index (Phi) is 8.12. The second-order valence-corrected chi connectivity index (χ2v) is 5.97. The Bertz CT molecular complexity index is 198. The fourth-order valence-electron chi connectivity index (χ4n) is 1.80. The molecule has 0 N–H and O–H groups in total. The molecule has 0 aliphatic carbocycles. The maximum atomic E-state index is 12.0. The molecule has 3 heteroatoms. The zero-order valence-electron chi connectivity index (χ0n) is 11.3. The van der Waals surface area contributed by atoms with Crippen molar-refractivity contribution in [3.05, 3.63) is 0 Å². The molecule has 2 nitrogen and oxygen atoms in total. The smallest absolute Gasteiger partial charge is 0.194 e. The van der Waals surface area contributed by atoms with Crippen LogP contribution in [0.4, 0.5) is 0 Å². The highest BCUT2D eigenvalue weighted by molar-refractivity contribution is 8.13. The Balaban J connectivity index is 4.13. The van der Waals surface area contributed by atoms with E-state index in [9.17, 15) is 4.79 Å². The van der Waals surface area contributed by atoms with Crippen molar-refractivity contribution in [2.24, 2.45) is 11.3 Å². The van der Waals surface area contributed by atoms with Crippen molar-refractivity contribution in [1.29, 1.82) is 0 Å². The fourth-order valence-corrected chi connectivity index (χ4v) is 2.70. The molecule has 0 bridgehead atoms. The minimum atomic E-state index is -0.199. The quantitative estimate of drug-likeness (QED) is 0.610. The van der Waals surface area contributed by atoms with E-state index in [1.165, 1.54) is 11.8 Å². The lowest BCUT2D eigenvalue weighted by atomic mass is 9.82. The van der Waals surface area contributed by atoms with E-state index < -0.39 is 0 Å². The molecule has 0 saturated carbocycles. The molecule has 0 amide bonds. The number of ether oxygens (including phenoxy) is 1. The summed E-state index contributed by atoms with van der Waals surface area (Å²) in [6.45, 7) is 9.18. The molecular formula is C13H26O2S. The molecule has 0 rings (SSSR count). The first-order valence-electron chi connectivity index (χ1n) is 6.14. The summed E-state index contributed by atoms with van der Waals surface area (Å²) < 4.78 is 4.96. The lowest BCUT2D eigenvalue weighted by Crippen LogP contribution is -2.25. The van der Waals surface area contributed by atoms with Gasteiger partial charge in [-0.25, -0.2) is 0 Å². The highest BCUT2D eigenvalue weighted by atomic mass is 32.2. The Morgan fingerprint density at radius 2 is 1.88 bits per heavy atom. The summed E-state index contributed by atoms with van der Waals surface area (Å²) in [5.74, 6) is 1.43. The van der Waals surface area contributed by atoms with Crippen LogP contribution in [0.2, 0.25) is 0 Å². The van der Waals surface area contributed by atoms with E-state index in [4.69, 9.17) is 4.74 Å². The standard InChI is InChI=1S/C13H26O2S/c1-6-11(7-2)10-13(3,4)12(14)16-9-8-15-5/h11H,6-10H2,1-5H3. The van der Waals surface area contributed by atoms with Crippen molar-refractivity contribution in [3.8, 4) is 0 Å². The van der Waals surface area contributed by atoms with Gasteiger partial charge in [0.05, 0.1) is 6.61 Å². The molecule has 0 saturated heterocycles. The van der Waals surface area contributed by atoms with Crippen LogP contribution in [-0.4, -0.2) is 24.6 Å². The Morgan fingerprint density at radius 1 is 1.31 bits per heavy atom. The highest BCUT2D eigenvalue weighted by Gasteiger charge is 2.29. The largest absolute Gasteiger partial charge is 0.384 e. The summed E-state index contributed by atoms with van der Waals surface area (Å²) in [6, 6.07) is 0. The van der Waals surface area contributed by atoms with Gasteiger partial charge in [-0.3, -0.25) is 4.79 Å². The molecule has 0 spiro atoms. The maximum Gasteiger partial charge on any atom is 0.194 e. The van der Waals surface area contributed by atoms with Crippen LogP contribution in [0.25, 0.3) is 0 Å². The molecule has 0 heterocycles. The van der Waals surface area contributed by atoms with Gasteiger partial charge in [-0.2, -0.15) is 0 Å². The molecule has 0 fully saturated rings. The predicted octanol–water partition coefficient (Wildman–Crippen LogP) is 3.75. The van der Waals surface area contributed by atoms with Crippen LogP contribution in [0, 0.1) is 11.3 Å². The highest BCUT2D eigenvalue weighted by Crippen LogP contribution is 2.33. The van der Waals surface area contributed by atoms with Gasteiger partial charge in [-0.1, -0.05) is 52.3 Å². The zero-order chi connectivity index (χ0) is 12.6. The van der Waals surface area contributed by atoms with Crippen molar-refractivity contribution < 1.29 is 9.53 Å². The minimum absolute atomic E-state index is 0.199. The van der Waals surface area contributed by atoms with Gasteiger partial charge < -0.3 is 4.74 Å². The first-order valence-corrected chi connectivity index (χ1v) is 7.12. The Morgan fingerprint density at radius 3 is 2.31 bits per heavy atom. The van der Waals surface area contributed by atoms with E-state index in [1.54, 1.807) is 7.11 Å². The maximum absolute atomic E-state index is 12.0. The molecule has 0 aliphatic rings. The summed E-state index contributed by atoms with van der Waals surface area (Å²) in [4.78, 5) is 12.0. The first kappa shape index (κ1) is 16.0. The average Bonchev–Trinajstić information content (AvgIpc) is 2.26. The third kappa shape index (κ3) is 5.90. The van der Waals surface area contributed by atoms with Crippen LogP contribution in [0.5, 0.6) is 0 Å². The number of hydrogen-bond donors (Lipinski definition) is 0. The third-order valence-corrected chi connectivity index (χ3v) is 4.21. The van der Waals surface area contributed by atoms with Crippen LogP contribution in [0.3, 0.4) is 0 Å². The number of rotatable bonds is 8. The third-order valence-electron chi connectivity index (χ3n) is 3.03. The van der Waals surface area contributed by atoms with E-state index in [-0.39, 0.29) is 5.41 Å². The second kappa shape index (κ2) is 8.13. The molecular weight excluding hydrogens is 220 g/mol. The summed E-state index contributed by atoms with van der Waals surface area (Å²) in [5.41, 5.74) is -0.199. The molecule has 96 valence electrons. The SMILES string of the molecule is CCC(CC)CC(C)(C)C(=O)SCCOC. The monoisotopic (exact) mass is 246 g/mol. The molecule has 0 aromatic rings. The molecule has 0 aromatic heterocycles. The van der Waals surface area contributed by atoms with Gasteiger partial charge >= 0.3 is 0 Å². The number of hydrogen-bond acceptors (Lipinski definition) is 3. The number of thioether (sulfide) groups is 1. The summed E-state index contributed by atoms with van der Waals surface area (Å²) in [7, 11) is 1.67. The number of methoxy groups -OCH3 is 1. The lowest BCUT2D eigenvalue weighted by molar-refractivity contribution is -0.119. The van der Waals surface area contributed by atoms with E-state index in [0.29, 0.717) is 17.6 Å². The topological polar surface area (TPSA) is 26.3 Å². The normalized spacial score (nSPS) is 12.1. The van der Waals surface area contributed by atoms with E-state index in [2.05, 4.69) is 27.7 Å². The van der Waals surface area contributed by atoms with Crippen LogP contribution in [0.15, 0.2) is 0 Å². The van der Waals surface area contributed by atoms with Gasteiger partial charge in [-0.05, 0) is 12.3 Å². The minimum Gasteiger partial charge on any atom is -0.384 e. The first-order chi connectivity index (χ1) is 7.47. The lowest BCUT2D eigenvalue weighted by Gasteiger charge is -2.27. The van der Waals surface area contributed by atoms with Crippen molar-refractivity contribution in [3.63, 3.8) is 0 Å². The van der Waals surface area contributed by atoms with Crippen molar-refractivity contribution >= 4 is 16.9 Å². The van der Waals surface area contributed by atoms with Gasteiger partial charge in [-0.15, -0.1) is 0 Å². The van der Waals surface area contributed by atoms with Gasteiger partial charge in [0.15, 0.2) is 5.12 Å².